The number of hydrogen-bond donors (Lipinski definition) is 2. The Labute approximate surface area is 180 Å². The van der Waals surface area contributed by atoms with E-state index in [0.29, 0.717) is 21.5 Å². The summed E-state index contributed by atoms with van der Waals surface area (Å²) in [7, 11) is -3.57. The van der Waals surface area contributed by atoms with Crippen LogP contribution in [0.2, 0.25) is 10.0 Å². The molecule has 0 heterocycles. The van der Waals surface area contributed by atoms with Crippen LogP contribution in [0.5, 0.6) is 5.75 Å². The van der Waals surface area contributed by atoms with Gasteiger partial charge in [0.1, 0.15) is 5.75 Å². The Morgan fingerprint density at radius 2 is 1.72 bits per heavy atom. The fraction of sp³-hybridized carbons (Fsp3) is 0.350. The van der Waals surface area contributed by atoms with Crippen LogP contribution in [0.3, 0.4) is 0 Å². The SMILES string of the molecule is O=C(COc1ccc(Cl)cc1Cl)Nc1ccc(S(=O)(=O)NC2CCCCC2)cc1. The van der Waals surface area contributed by atoms with E-state index in [1.807, 2.05) is 0 Å². The van der Waals surface area contributed by atoms with Gasteiger partial charge in [0.05, 0.1) is 9.92 Å². The van der Waals surface area contributed by atoms with Crippen LogP contribution in [-0.4, -0.2) is 27.0 Å². The van der Waals surface area contributed by atoms with Crippen LogP contribution in [0, 0.1) is 0 Å². The maximum absolute atomic E-state index is 12.5. The molecule has 29 heavy (non-hydrogen) atoms. The summed E-state index contributed by atoms with van der Waals surface area (Å²) >= 11 is 11.8. The molecule has 2 N–H and O–H groups in total. The number of benzene rings is 2. The molecule has 6 nitrogen and oxygen atoms in total. The van der Waals surface area contributed by atoms with Gasteiger partial charge in [0.2, 0.25) is 10.0 Å². The summed E-state index contributed by atoms with van der Waals surface area (Å²) in [5.41, 5.74) is 0.470. The molecule has 2 aromatic rings. The average molecular weight is 457 g/mol. The number of anilines is 1. The van der Waals surface area contributed by atoms with Crippen LogP contribution in [0.15, 0.2) is 47.4 Å². The van der Waals surface area contributed by atoms with E-state index in [1.54, 1.807) is 24.3 Å². The number of carbonyl (C=O) groups excluding carboxylic acids is 1. The Hall–Kier alpha value is -1.80. The maximum Gasteiger partial charge on any atom is 0.262 e. The molecule has 0 aromatic heterocycles. The fourth-order valence-corrected chi connectivity index (χ4v) is 4.93. The van der Waals surface area contributed by atoms with E-state index in [-0.39, 0.29) is 17.5 Å². The van der Waals surface area contributed by atoms with E-state index in [4.69, 9.17) is 27.9 Å². The zero-order valence-electron chi connectivity index (χ0n) is 15.7. The van der Waals surface area contributed by atoms with Gasteiger partial charge in [-0.15, -0.1) is 0 Å². The van der Waals surface area contributed by atoms with E-state index >= 15 is 0 Å². The summed E-state index contributed by atoms with van der Waals surface area (Å²) in [4.78, 5) is 12.2. The molecule has 0 radical (unpaired) electrons. The minimum Gasteiger partial charge on any atom is -0.482 e. The summed E-state index contributed by atoms with van der Waals surface area (Å²) in [6.07, 6.45) is 4.97. The second-order valence-electron chi connectivity index (χ2n) is 6.89. The third-order valence-electron chi connectivity index (χ3n) is 4.63. The Bertz CT molecular complexity index is 959. The van der Waals surface area contributed by atoms with E-state index in [2.05, 4.69) is 10.0 Å². The number of halogens is 2. The van der Waals surface area contributed by atoms with Crippen molar-refractivity contribution in [2.75, 3.05) is 11.9 Å². The van der Waals surface area contributed by atoms with Crippen LogP contribution in [0.1, 0.15) is 32.1 Å². The van der Waals surface area contributed by atoms with Crippen LogP contribution >= 0.6 is 23.2 Å². The van der Waals surface area contributed by atoms with Gasteiger partial charge in [-0.3, -0.25) is 4.79 Å². The smallest absolute Gasteiger partial charge is 0.262 e. The van der Waals surface area contributed by atoms with E-state index in [9.17, 15) is 13.2 Å². The minimum absolute atomic E-state index is 0.00929. The highest BCUT2D eigenvalue weighted by molar-refractivity contribution is 7.89. The lowest BCUT2D eigenvalue weighted by Crippen LogP contribution is -2.36. The molecule has 1 amide bonds. The molecule has 1 aliphatic carbocycles. The van der Waals surface area contributed by atoms with Crippen molar-refractivity contribution >= 4 is 44.8 Å². The van der Waals surface area contributed by atoms with Crippen LogP contribution < -0.4 is 14.8 Å². The molecule has 0 unspecified atom stereocenters. The monoisotopic (exact) mass is 456 g/mol. The van der Waals surface area contributed by atoms with E-state index in [1.165, 1.54) is 18.2 Å². The quantitative estimate of drug-likeness (QED) is 0.636. The second-order valence-corrected chi connectivity index (χ2v) is 9.45. The molecule has 2 aromatic carbocycles. The van der Waals surface area contributed by atoms with Crippen molar-refractivity contribution < 1.29 is 17.9 Å². The number of amides is 1. The average Bonchev–Trinajstić information content (AvgIpc) is 2.68. The number of rotatable bonds is 7. The Balaban J connectivity index is 1.54. The van der Waals surface area contributed by atoms with Crippen molar-refractivity contribution in [1.29, 1.82) is 0 Å². The van der Waals surface area contributed by atoms with Gasteiger partial charge in [0.25, 0.3) is 5.91 Å². The molecule has 0 bridgehead atoms. The van der Waals surface area contributed by atoms with Gasteiger partial charge in [0, 0.05) is 16.8 Å². The summed E-state index contributed by atoms with van der Waals surface area (Å²) in [6, 6.07) is 10.7. The molecule has 3 rings (SSSR count). The lowest BCUT2D eigenvalue weighted by atomic mass is 9.96. The normalized spacial score (nSPS) is 15.1. The molecule has 0 spiro atoms. The highest BCUT2D eigenvalue weighted by atomic mass is 35.5. The highest BCUT2D eigenvalue weighted by Gasteiger charge is 2.21. The number of ether oxygens (including phenoxy) is 1. The largest absolute Gasteiger partial charge is 0.482 e. The maximum atomic E-state index is 12.5. The molecular formula is C20H22Cl2N2O4S. The van der Waals surface area contributed by atoms with E-state index < -0.39 is 15.9 Å². The predicted octanol–water partition coefficient (Wildman–Crippen LogP) is 4.62. The third-order valence-corrected chi connectivity index (χ3v) is 6.69. The summed E-state index contributed by atoms with van der Waals surface area (Å²) < 4.78 is 33.2. The number of hydrogen-bond acceptors (Lipinski definition) is 4. The molecule has 1 saturated carbocycles. The second kappa shape index (κ2) is 9.80. The van der Waals surface area contributed by atoms with Crippen molar-refractivity contribution in [3.8, 4) is 5.75 Å². The molecule has 1 aliphatic rings. The molecular weight excluding hydrogens is 435 g/mol. The van der Waals surface area contributed by atoms with Crippen molar-refractivity contribution in [3.63, 3.8) is 0 Å². The first-order valence-electron chi connectivity index (χ1n) is 9.33. The Kier molecular flexibility index (Phi) is 7.40. The first-order chi connectivity index (χ1) is 13.8. The third kappa shape index (κ3) is 6.34. The van der Waals surface area contributed by atoms with Crippen LogP contribution in [-0.2, 0) is 14.8 Å². The number of nitrogens with one attached hydrogen (secondary N) is 2. The fourth-order valence-electron chi connectivity index (χ4n) is 3.16. The van der Waals surface area contributed by atoms with Gasteiger partial charge in [0.15, 0.2) is 6.61 Å². The topological polar surface area (TPSA) is 84.5 Å². The first-order valence-corrected chi connectivity index (χ1v) is 11.6. The van der Waals surface area contributed by atoms with Crippen LogP contribution in [0.25, 0.3) is 0 Å². The van der Waals surface area contributed by atoms with Gasteiger partial charge < -0.3 is 10.1 Å². The molecule has 0 aliphatic heterocycles. The number of carbonyl (C=O) groups is 1. The van der Waals surface area contributed by atoms with Gasteiger partial charge in [-0.25, -0.2) is 13.1 Å². The van der Waals surface area contributed by atoms with Crippen LogP contribution in [0.4, 0.5) is 5.69 Å². The molecule has 156 valence electrons. The predicted molar refractivity (Wildman–Crippen MR) is 114 cm³/mol. The van der Waals surface area contributed by atoms with Crippen molar-refractivity contribution in [2.45, 2.75) is 43.0 Å². The molecule has 9 heteroatoms. The van der Waals surface area contributed by atoms with Gasteiger partial charge >= 0.3 is 0 Å². The minimum atomic E-state index is -3.57. The Morgan fingerprint density at radius 3 is 2.38 bits per heavy atom. The molecule has 1 fully saturated rings. The summed E-state index contributed by atoms with van der Waals surface area (Å²) in [5.74, 6) is -0.0478. The number of sulfonamides is 1. The van der Waals surface area contributed by atoms with E-state index in [0.717, 1.165) is 32.1 Å². The molecule has 0 saturated heterocycles. The first kappa shape index (κ1) is 21.9. The Morgan fingerprint density at radius 1 is 1.03 bits per heavy atom. The van der Waals surface area contributed by atoms with Gasteiger partial charge in [-0.2, -0.15) is 0 Å². The van der Waals surface area contributed by atoms with Crippen molar-refractivity contribution in [1.82, 2.24) is 4.72 Å². The van der Waals surface area contributed by atoms with Crippen molar-refractivity contribution in [3.05, 3.63) is 52.5 Å². The lowest BCUT2D eigenvalue weighted by Gasteiger charge is -2.22. The van der Waals surface area contributed by atoms with Crippen molar-refractivity contribution in [2.24, 2.45) is 0 Å². The summed E-state index contributed by atoms with van der Waals surface area (Å²) in [6.45, 7) is -0.245. The lowest BCUT2D eigenvalue weighted by molar-refractivity contribution is -0.118. The highest BCUT2D eigenvalue weighted by Crippen LogP contribution is 2.27. The molecule has 0 atom stereocenters. The zero-order valence-corrected chi connectivity index (χ0v) is 18.0. The standard InChI is InChI=1S/C20H22Cl2N2O4S/c21-14-6-11-19(18(22)12-14)28-13-20(25)23-15-7-9-17(10-8-15)29(26,27)24-16-4-2-1-3-5-16/h6-12,16,24H,1-5,13H2,(H,23,25). The zero-order chi connectivity index (χ0) is 20.9. The summed E-state index contributed by atoms with van der Waals surface area (Å²) in [5, 5.41) is 3.44. The van der Waals surface area contributed by atoms with Gasteiger partial charge in [-0.05, 0) is 55.3 Å². The van der Waals surface area contributed by atoms with Gasteiger partial charge in [-0.1, -0.05) is 42.5 Å².